The first kappa shape index (κ1) is 13.1. The normalized spacial score (nSPS) is 25.4. The second kappa shape index (κ2) is 5.53. The molecule has 0 radical (unpaired) electrons. The molecule has 0 saturated carbocycles. The number of halogens is 1. The van der Waals surface area contributed by atoms with Crippen molar-refractivity contribution in [1.82, 2.24) is 4.90 Å². The van der Waals surface area contributed by atoms with Gasteiger partial charge in [0.25, 0.3) is 0 Å². The molecule has 1 aliphatic heterocycles. The van der Waals surface area contributed by atoms with Gasteiger partial charge in [-0.15, -0.1) is 0 Å². The van der Waals surface area contributed by atoms with Gasteiger partial charge in [-0.1, -0.05) is 46.6 Å². The van der Waals surface area contributed by atoms with E-state index in [0.717, 1.165) is 17.8 Å². The smallest absolute Gasteiger partial charge is 0.0239 e. The van der Waals surface area contributed by atoms with Crippen LogP contribution in [0.4, 0.5) is 0 Å². The highest BCUT2D eigenvalue weighted by Crippen LogP contribution is 2.27. The van der Waals surface area contributed by atoms with E-state index in [9.17, 15) is 0 Å². The van der Waals surface area contributed by atoms with E-state index in [1.54, 1.807) is 0 Å². The summed E-state index contributed by atoms with van der Waals surface area (Å²) >= 11 is 3.66. The molecule has 0 amide bonds. The minimum atomic E-state index is 0.704. The van der Waals surface area contributed by atoms with Crippen molar-refractivity contribution in [3.05, 3.63) is 34.9 Å². The van der Waals surface area contributed by atoms with E-state index in [1.165, 1.54) is 29.7 Å². The van der Waals surface area contributed by atoms with E-state index in [0.29, 0.717) is 6.04 Å². The molecule has 1 saturated heterocycles. The number of likely N-dealkylation sites (tertiary alicyclic amines) is 1. The highest BCUT2D eigenvalue weighted by Gasteiger charge is 2.30. The molecule has 0 aliphatic carbocycles. The van der Waals surface area contributed by atoms with Crippen LogP contribution in [0.25, 0.3) is 0 Å². The first-order valence-electron chi connectivity index (χ1n) is 6.48. The lowest BCUT2D eigenvalue weighted by Crippen LogP contribution is -2.33. The van der Waals surface area contributed by atoms with Gasteiger partial charge in [0, 0.05) is 17.9 Å². The minimum Gasteiger partial charge on any atom is -0.295 e. The Morgan fingerprint density at radius 1 is 1.35 bits per heavy atom. The molecule has 0 N–H and O–H groups in total. The monoisotopic (exact) mass is 295 g/mol. The summed E-state index contributed by atoms with van der Waals surface area (Å²) in [4.78, 5) is 2.63. The van der Waals surface area contributed by atoms with Gasteiger partial charge >= 0.3 is 0 Å². The fourth-order valence-corrected chi connectivity index (χ4v) is 3.77. The standard InChI is InChI=1S/C15H22BrN/c1-11-4-5-12(2)14(8-11)10-17-7-6-13(3)15(17)9-16/h4-5,8,13,15H,6-7,9-10H2,1-3H3. The second-order valence-electron chi connectivity index (χ2n) is 5.39. The van der Waals surface area contributed by atoms with Gasteiger partial charge in [-0.2, -0.15) is 0 Å². The third-order valence-corrected chi connectivity index (χ3v) is 4.70. The molecule has 17 heavy (non-hydrogen) atoms. The van der Waals surface area contributed by atoms with Crippen LogP contribution >= 0.6 is 15.9 Å². The molecule has 1 aliphatic rings. The molecule has 1 nitrogen and oxygen atoms in total. The van der Waals surface area contributed by atoms with E-state index < -0.39 is 0 Å². The number of hydrogen-bond donors (Lipinski definition) is 0. The summed E-state index contributed by atoms with van der Waals surface area (Å²) < 4.78 is 0. The molecule has 2 atom stereocenters. The van der Waals surface area contributed by atoms with Gasteiger partial charge in [0.1, 0.15) is 0 Å². The van der Waals surface area contributed by atoms with Crippen molar-refractivity contribution in [2.24, 2.45) is 5.92 Å². The number of benzene rings is 1. The zero-order valence-electron chi connectivity index (χ0n) is 11.0. The summed E-state index contributed by atoms with van der Waals surface area (Å²) in [6.07, 6.45) is 1.33. The third-order valence-electron chi connectivity index (χ3n) is 4.03. The fraction of sp³-hybridized carbons (Fsp3) is 0.600. The van der Waals surface area contributed by atoms with Gasteiger partial charge in [0.05, 0.1) is 0 Å². The van der Waals surface area contributed by atoms with Crippen molar-refractivity contribution in [2.75, 3.05) is 11.9 Å². The van der Waals surface area contributed by atoms with Crippen molar-refractivity contribution in [3.63, 3.8) is 0 Å². The summed E-state index contributed by atoms with van der Waals surface area (Å²) in [6, 6.07) is 7.49. The van der Waals surface area contributed by atoms with Gasteiger partial charge in [0.2, 0.25) is 0 Å². The van der Waals surface area contributed by atoms with Gasteiger partial charge in [-0.3, -0.25) is 4.90 Å². The first-order valence-corrected chi connectivity index (χ1v) is 7.60. The number of nitrogens with zero attached hydrogens (tertiary/aromatic N) is 1. The Kier molecular flexibility index (Phi) is 4.26. The Bertz CT molecular complexity index is 389. The molecular formula is C15H22BrN. The zero-order valence-corrected chi connectivity index (χ0v) is 12.6. The van der Waals surface area contributed by atoms with Crippen LogP contribution in [0.1, 0.15) is 30.0 Å². The van der Waals surface area contributed by atoms with Crippen molar-refractivity contribution in [2.45, 2.75) is 39.8 Å². The average molecular weight is 296 g/mol. The molecule has 2 unspecified atom stereocenters. The quantitative estimate of drug-likeness (QED) is 0.764. The Morgan fingerprint density at radius 3 is 2.82 bits per heavy atom. The molecule has 0 bridgehead atoms. The Hall–Kier alpha value is -0.340. The van der Waals surface area contributed by atoms with Gasteiger partial charge in [-0.05, 0) is 43.9 Å². The lowest BCUT2D eigenvalue weighted by atomic mass is 10.0. The number of rotatable bonds is 3. The van der Waals surface area contributed by atoms with Crippen LogP contribution in [0.2, 0.25) is 0 Å². The van der Waals surface area contributed by atoms with Crippen LogP contribution < -0.4 is 0 Å². The van der Waals surface area contributed by atoms with Crippen molar-refractivity contribution in [3.8, 4) is 0 Å². The molecule has 1 aromatic rings. The highest BCUT2D eigenvalue weighted by molar-refractivity contribution is 9.09. The largest absolute Gasteiger partial charge is 0.295 e. The van der Waals surface area contributed by atoms with Gasteiger partial charge in [0.15, 0.2) is 0 Å². The Balaban J connectivity index is 2.12. The summed E-state index contributed by atoms with van der Waals surface area (Å²) in [7, 11) is 0. The van der Waals surface area contributed by atoms with Gasteiger partial charge < -0.3 is 0 Å². The lowest BCUT2D eigenvalue weighted by molar-refractivity contribution is 0.244. The zero-order chi connectivity index (χ0) is 12.4. The molecule has 94 valence electrons. The minimum absolute atomic E-state index is 0.704. The summed E-state index contributed by atoms with van der Waals surface area (Å²) in [5.41, 5.74) is 4.28. The highest BCUT2D eigenvalue weighted by atomic mass is 79.9. The maximum atomic E-state index is 3.66. The van der Waals surface area contributed by atoms with Crippen molar-refractivity contribution < 1.29 is 0 Å². The van der Waals surface area contributed by atoms with E-state index in [2.05, 4.69) is 59.8 Å². The first-order chi connectivity index (χ1) is 8.11. The van der Waals surface area contributed by atoms with Crippen LogP contribution in [0, 0.1) is 19.8 Å². The number of hydrogen-bond acceptors (Lipinski definition) is 1. The topological polar surface area (TPSA) is 3.24 Å². The summed E-state index contributed by atoms with van der Waals surface area (Å²) in [5, 5.41) is 1.10. The predicted octanol–water partition coefficient (Wildman–Crippen LogP) is 3.91. The third kappa shape index (κ3) is 2.92. The fourth-order valence-electron chi connectivity index (χ4n) is 2.72. The number of alkyl halides is 1. The molecule has 2 rings (SSSR count). The van der Waals surface area contributed by atoms with Gasteiger partial charge in [-0.25, -0.2) is 0 Å². The Morgan fingerprint density at radius 2 is 2.12 bits per heavy atom. The molecule has 0 aromatic heterocycles. The van der Waals surface area contributed by atoms with Crippen molar-refractivity contribution in [1.29, 1.82) is 0 Å². The second-order valence-corrected chi connectivity index (χ2v) is 6.04. The van der Waals surface area contributed by atoms with Crippen LogP contribution in [-0.4, -0.2) is 22.8 Å². The number of aryl methyl sites for hydroxylation is 2. The van der Waals surface area contributed by atoms with E-state index in [4.69, 9.17) is 0 Å². The molecular weight excluding hydrogens is 274 g/mol. The molecule has 1 aromatic carbocycles. The molecule has 1 heterocycles. The summed E-state index contributed by atoms with van der Waals surface area (Å²) in [6.45, 7) is 9.11. The SMILES string of the molecule is Cc1ccc(C)c(CN2CCC(C)C2CBr)c1. The van der Waals surface area contributed by atoms with E-state index >= 15 is 0 Å². The van der Waals surface area contributed by atoms with Crippen molar-refractivity contribution >= 4 is 15.9 Å². The Labute approximate surface area is 113 Å². The molecule has 1 fully saturated rings. The lowest BCUT2D eigenvalue weighted by Gasteiger charge is -2.26. The van der Waals surface area contributed by atoms with E-state index in [1.807, 2.05) is 0 Å². The predicted molar refractivity (Wildman–Crippen MR) is 77.7 cm³/mol. The maximum Gasteiger partial charge on any atom is 0.0239 e. The van der Waals surface area contributed by atoms with E-state index in [-0.39, 0.29) is 0 Å². The van der Waals surface area contributed by atoms with Crippen LogP contribution in [0.15, 0.2) is 18.2 Å². The van der Waals surface area contributed by atoms with Crippen LogP contribution in [-0.2, 0) is 6.54 Å². The van der Waals surface area contributed by atoms with Crippen LogP contribution in [0.3, 0.4) is 0 Å². The average Bonchev–Trinajstić information content (AvgIpc) is 2.64. The molecule has 0 spiro atoms. The van der Waals surface area contributed by atoms with Crippen LogP contribution in [0.5, 0.6) is 0 Å². The maximum absolute atomic E-state index is 3.66. The summed E-state index contributed by atoms with van der Waals surface area (Å²) in [5.74, 6) is 0.819. The molecule has 2 heteroatoms.